The van der Waals surface area contributed by atoms with Gasteiger partial charge in [-0.3, -0.25) is 9.59 Å². The van der Waals surface area contributed by atoms with Crippen LogP contribution in [0.5, 0.6) is 0 Å². The molecule has 16 unspecified atom stereocenters. The molecule has 2 aromatic heterocycles. The second kappa shape index (κ2) is 19.5. The molecule has 13 heteroatoms. The van der Waals surface area contributed by atoms with Crippen molar-refractivity contribution in [1.29, 1.82) is 0 Å². The zero-order valence-electron chi connectivity index (χ0n) is 49.1. The van der Waals surface area contributed by atoms with Crippen molar-refractivity contribution in [2.24, 2.45) is 56.2 Å². The van der Waals surface area contributed by atoms with E-state index in [0.717, 1.165) is 89.4 Å². The highest BCUT2D eigenvalue weighted by Crippen LogP contribution is 2.80. The summed E-state index contributed by atoms with van der Waals surface area (Å²) in [6, 6.07) is 6.56. The molecule has 5 saturated carbocycles. The van der Waals surface area contributed by atoms with Gasteiger partial charge in [0.15, 0.2) is 5.78 Å². The smallest absolute Gasteiger partial charge is 0.160 e. The van der Waals surface area contributed by atoms with Gasteiger partial charge < -0.3 is 54.9 Å². The molecule has 13 nitrogen and oxygen atoms in total. The predicted molar refractivity (Wildman–Crippen MR) is 304 cm³/mol. The van der Waals surface area contributed by atoms with Crippen molar-refractivity contribution in [2.45, 2.75) is 212 Å². The molecule has 9 aliphatic rings. The summed E-state index contributed by atoms with van der Waals surface area (Å²) in [6.07, 6.45) is 14.3. The Morgan fingerprint density at radius 2 is 1.65 bits per heavy atom. The Hall–Kier alpha value is -3.53. The van der Waals surface area contributed by atoms with Gasteiger partial charge in [0, 0.05) is 85.7 Å². The fourth-order valence-corrected chi connectivity index (χ4v) is 20.5. The Morgan fingerprint density at radius 3 is 2.33 bits per heavy atom. The number of aldehydes is 1. The summed E-state index contributed by atoms with van der Waals surface area (Å²) < 4.78 is 14.2. The van der Waals surface area contributed by atoms with Crippen LogP contribution in [-0.2, 0) is 42.4 Å². The van der Waals surface area contributed by atoms with Crippen LogP contribution in [0.1, 0.15) is 191 Å². The van der Waals surface area contributed by atoms with Crippen LogP contribution in [0.25, 0.3) is 11.0 Å². The number of aryl methyl sites for hydroxylation is 1. The molecule has 0 amide bonds. The van der Waals surface area contributed by atoms with Crippen LogP contribution in [0.2, 0.25) is 0 Å². The highest BCUT2D eigenvalue weighted by Gasteiger charge is 2.77. The monoisotopic (exact) mass is 1090 g/mol. The van der Waals surface area contributed by atoms with Crippen molar-refractivity contribution in [3.63, 3.8) is 0 Å². The van der Waals surface area contributed by atoms with Gasteiger partial charge in [-0.2, -0.15) is 0 Å². The minimum Gasteiger partial charge on any atom is -0.393 e. The van der Waals surface area contributed by atoms with E-state index >= 15 is 9.59 Å². The van der Waals surface area contributed by atoms with Crippen LogP contribution < -0.4 is 10.6 Å². The van der Waals surface area contributed by atoms with Crippen LogP contribution in [0.15, 0.2) is 41.7 Å². The molecular weight excluding hydrogens is 993 g/mol. The molecule has 7 fully saturated rings. The fourth-order valence-electron chi connectivity index (χ4n) is 20.5. The number of aromatic amines is 1. The van der Waals surface area contributed by atoms with Gasteiger partial charge in [-0.1, -0.05) is 65.7 Å². The molecule has 16 atom stereocenters. The van der Waals surface area contributed by atoms with E-state index in [1.54, 1.807) is 0 Å². The van der Waals surface area contributed by atoms with Crippen molar-refractivity contribution in [2.75, 3.05) is 40.4 Å². The van der Waals surface area contributed by atoms with Gasteiger partial charge >= 0.3 is 0 Å². The molecule has 5 heterocycles. The molecule has 12 rings (SSSR count). The van der Waals surface area contributed by atoms with E-state index in [0.29, 0.717) is 103 Å². The molecule has 79 heavy (non-hydrogen) atoms. The third-order valence-corrected chi connectivity index (χ3v) is 24.9. The Labute approximate surface area is 469 Å². The van der Waals surface area contributed by atoms with Crippen LogP contribution >= 0.6 is 0 Å². The highest BCUT2D eigenvalue weighted by atomic mass is 16.6. The maximum absolute atomic E-state index is 15.8. The molecule has 1 aromatic carbocycles. The number of hydrogen-bond donors (Lipinski definition) is 7. The average molecular weight is 1090 g/mol. The molecule has 0 radical (unpaired) electrons. The van der Waals surface area contributed by atoms with Gasteiger partial charge in [-0.15, -0.1) is 0 Å². The first kappa shape index (κ1) is 56.0. The molecule has 7 N–H and O–H groups in total. The van der Waals surface area contributed by atoms with Gasteiger partial charge in [0.1, 0.15) is 18.2 Å². The Morgan fingerprint density at radius 1 is 0.899 bits per heavy atom. The summed E-state index contributed by atoms with van der Waals surface area (Å²) in [5.41, 5.74) is 3.04. The molecule has 3 aromatic rings. The number of aliphatic hydroxyl groups is 4. The number of aromatic nitrogens is 2. The number of H-pyrrole nitrogens is 1. The first-order chi connectivity index (χ1) is 37.5. The SMILES string of the molecule is CNCCC1(C)C(=O)CC2(CCC(O)C2)C2(C)C1CCC1(C)C2C(O)C2Cn3cc(C(C=O)c4cc(C5CCCCC5CNC)cc(C5(O)CCOCC5)c4)c4[nH]cc(c43)CCC(C)(CC(O)C3OC3(C)C)C3=C2C1(C)CC3=O. The van der Waals surface area contributed by atoms with Crippen LogP contribution in [-0.4, -0.2) is 118 Å². The van der Waals surface area contributed by atoms with Crippen molar-refractivity contribution >= 4 is 28.9 Å². The number of carbonyl (C=O) groups excluding carboxylic acids is 3. The lowest BCUT2D eigenvalue weighted by Crippen LogP contribution is -2.72. The van der Waals surface area contributed by atoms with Gasteiger partial charge in [-0.05, 0) is 185 Å². The molecule has 6 aliphatic carbocycles. The topological polar surface area (TPSA) is 199 Å². The zero-order chi connectivity index (χ0) is 56.0. The van der Waals surface area contributed by atoms with Crippen molar-refractivity contribution in [1.82, 2.24) is 20.2 Å². The lowest BCUT2D eigenvalue weighted by molar-refractivity contribution is -0.262. The Bertz CT molecular complexity index is 2930. The van der Waals surface area contributed by atoms with E-state index in [2.05, 4.69) is 85.4 Å². The first-order valence-electron chi connectivity index (χ1n) is 30.9. The maximum atomic E-state index is 15.8. The molecule has 432 valence electrons. The second-order valence-corrected chi connectivity index (χ2v) is 29.2. The summed E-state index contributed by atoms with van der Waals surface area (Å²) in [5, 5.41) is 57.5. The molecule has 1 spiro atoms. The van der Waals surface area contributed by atoms with E-state index in [9.17, 15) is 25.2 Å². The average Bonchev–Trinajstić information content (AvgIpc) is 2.00. The van der Waals surface area contributed by atoms with Crippen LogP contribution in [0, 0.1) is 56.2 Å². The number of rotatable bonds is 13. The van der Waals surface area contributed by atoms with Crippen molar-refractivity contribution in [3.8, 4) is 0 Å². The minimum atomic E-state index is -1.09. The number of ketones is 2. The van der Waals surface area contributed by atoms with Gasteiger partial charge in [0.05, 0.1) is 46.5 Å². The number of carbonyl (C=O) groups is 3. The largest absolute Gasteiger partial charge is 0.393 e. The van der Waals surface area contributed by atoms with Crippen molar-refractivity contribution < 1.29 is 44.3 Å². The van der Waals surface area contributed by atoms with E-state index in [-0.39, 0.29) is 35.4 Å². The third-order valence-electron chi connectivity index (χ3n) is 24.9. The van der Waals surface area contributed by atoms with Gasteiger partial charge in [0.2, 0.25) is 0 Å². The van der Waals surface area contributed by atoms with Crippen LogP contribution in [0.4, 0.5) is 0 Å². The summed E-state index contributed by atoms with van der Waals surface area (Å²) in [4.78, 5) is 48.8. The Kier molecular flexibility index (Phi) is 13.8. The predicted octanol–water partition coefficient (Wildman–Crippen LogP) is 9.10. The summed E-state index contributed by atoms with van der Waals surface area (Å²) >= 11 is 0. The van der Waals surface area contributed by atoms with Crippen molar-refractivity contribution in [3.05, 3.63) is 69.6 Å². The highest BCUT2D eigenvalue weighted by molar-refractivity contribution is 6.02. The third kappa shape index (κ3) is 8.27. The van der Waals surface area contributed by atoms with Gasteiger partial charge in [0.25, 0.3) is 0 Å². The minimum absolute atomic E-state index is 0.0586. The maximum Gasteiger partial charge on any atom is 0.160 e. The number of nitrogens with one attached hydrogen (secondary N) is 3. The van der Waals surface area contributed by atoms with E-state index in [1.165, 1.54) is 12.0 Å². The molecule has 3 aliphatic heterocycles. The number of Topliss-reactive ketones (excluding diaryl/α,β-unsaturated/α-hetero) is 2. The second-order valence-electron chi connectivity index (χ2n) is 29.2. The lowest BCUT2D eigenvalue weighted by Gasteiger charge is -2.74. The zero-order valence-corrected chi connectivity index (χ0v) is 49.1. The number of ether oxygens (including phenoxy) is 2. The van der Waals surface area contributed by atoms with E-state index in [1.807, 2.05) is 27.9 Å². The van der Waals surface area contributed by atoms with E-state index in [4.69, 9.17) is 9.47 Å². The number of aliphatic hydroxyl groups excluding tert-OH is 3. The van der Waals surface area contributed by atoms with E-state index < -0.39 is 73.8 Å². The lowest BCUT2D eigenvalue weighted by atomic mass is 9.30. The first-order valence-corrected chi connectivity index (χ1v) is 30.9. The summed E-state index contributed by atoms with van der Waals surface area (Å²) in [5.74, 6) is -0.553. The number of hydrogen-bond acceptors (Lipinski definition) is 11. The molecule has 0 bridgehead atoms. The number of fused-ring (bicyclic) bond motifs is 5. The number of epoxide rings is 1. The quantitative estimate of drug-likeness (QED) is 0.0637. The van der Waals surface area contributed by atoms with Gasteiger partial charge in [-0.25, -0.2) is 0 Å². The molecule has 2 saturated heterocycles. The molecular formula is C66H94N4O9. The number of allylic oxidation sites excluding steroid dienone is 1. The summed E-state index contributed by atoms with van der Waals surface area (Å²) in [7, 11) is 3.97. The standard InChI is InChI=1S/C66H94N4O9/c1-59(2)58(79-59)49(74)30-60(3)17-14-39-34-69-54-45(47(37-71)41-26-40(44-13-11-10-12-38(44)33-68-9)27-42(28-41)66(77)21-24-78-25-22-66)35-70(55(39)54)36-46-52-53(60)48(73)31-63(52,6)62(5)18-16-50-61(4,20-23-67-8)51(75)32-65(19-15-43(72)29-65)64(50,7)57(62)56(46)76/h26-28,34-35,37-38,43-44,46-47,49-50,56-58,67-69,72,74,76-77H,10-25,29-33,36H2,1-9H3. The summed E-state index contributed by atoms with van der Waals surface area (Å²) in [6.45, 7) is 18.4. The van der Waals surface area contributed by atoms with Crippen LogP contribution in [0.3, 0.4) is 0 Å². The number of nitrogens with zero attached hydrogens (tertiary/aromatic N) is 1. The number of benzene rings is 1. The fraction of sp³-hybridized carbons (Fsp3) is 0.742. The normalized spacial score (nSPS) is 41.2. The Balaban J connectivity index is 1.05.